The lowest BCUT2D eigenvalue weighted by atomic mass is 9.72. The third kappa shape index (κ3) is 3.15. The van der Waals surface area contributed by atoms with Crippen LogP contribution in [0.4, 0.5) is 0 Å². The molecule has 1 amide bonds. The highest BCUT2D eigenvalue weighted by Gasteiger charge is 2.45. The minimum absolute atomic E-state index is 0.0581. The Morgan fingerprint density at radius 2 is 1.79 bits per heavy atom. The van der Waals surface area contributed by atoms with Gasteiger partial charge in [-0.15, -0.1) is 0 Å². The number of rotatable bonds is 3. The molecule has 0 spiro atoms. The molecule has 2 aliphatic rings. The second-order valence-corrected chi connectivity index (χ2v) is 6.99. The molecule has 2 fully saturated rings. The van der Waals surface area contributed by atoms with Gasteiger partial charge in [-0.1, -0.05) is 29.8 Å². The lowest BCUT2D eigenvalue weighted by Gasteiger charge is -2.42. The summed E-state index contributed by atoms with van der Waals surface area (Å²) < 4.78 is 5.48. The van der Waals surface area contributed by atoms with E-state index in [-0.39, 0.29) is 11.8 Å². The van der Waals surface area contributed by atoms with Crippen molar-refractivity contribution in [2.75, 3.05) is 26.3 Å². The molecule has 3 rings (SSSR count). The standard InChI is InChI=1S/C18H22ClNO4/c19-15-4-2-1-3-14(15)18(7-11-24-12-8-18)17(23)20-9-5-13(6-10-20)16(21)22/h1-4,13H,5-12H2,(H,21,22). The van der Waals surface area contributed by atoms with Crippen molar-refractivity contribution in [1.29, 1.82) is 0 Å². The minimum atomic E-state index is -0.769. The van der Waals surface area contributed by atoms with Gasteiger partial charge in [0.1, 0.15) is 0 Å². The van der Waals surface area contributed by atoms with Gasteiger partial charge in [0.25, 0.3) is 0 Å². The first-order valence-electron chi connectivity index (χ1n) is 8.39. The van der Waals surface area contributed by atoms with Crippen LogP contribution < -0.4 is 0 Å². The van der Waals surface area contributed by atoms with Crippen molar-refractivity contribution in [1.82, 2.24) is 4.90 Å². The summed E-state index contributed by atoms with van der Waals surface area (Å²) in [6, 6.07) is 7.51. The Labute approximate surface area is 146 Å². The second kappa shape index (κ2) is 7.11. The summed E-state index contributed by atoms with van der Waals surface area (Å²) in [4.78, 5) is 26.3. The zero-order valence-electron chi connectivity index (χ0n) is 13.5. The van der Waals surface area contributed by atoms with Crippen LogP contribution in [-0.2, 0) is 19.7 Å². The first-order chi connectivity index (χ1) is 11.5. The van der Waals surface area contributed by atoms with E-state index in [4.69, 9.17) is 21.4 Å². The molecule has 24 heavy (non-hydrogen) atoms. The predicted molar refractivity (Wildman–Crippen MR) is 90.1 cm³/mol. The van der Waals surface area contributed by atoms with Gasteiger partial charge in [0.2, 0.25) is 5.91 Å². The van der Waals surface area contributed by atoms with Crippen molar-refractivity contribution >= 4 is 23.5 Å². The summed E-state index contributed by atoms with van der Waals surface area (Å²) in [5.74, 6) is -1.06. The lowest BCUT2D eigenvalue weighted by Crippen LogP contribution is -2.52. The fourth-order valence-corrected chi connectivity index (χ4v) is 4.12. The van der Waals surface area contributed by atoms with Crippen molar-refractivity contribution in [3.8, 4) is 0 Å². The average Bonchev–Trinajstić information content (AvgIpc) is 2.62. The third-order valence-electron chi connectivity index (χ3n) is 5.28. The van der Waals surface area contributed by atoms with E-state index in [1.807, 2.05) is 29.2 Å². The summed E-state index contributed by atoms with van der Waals surface area (Å²) in [6.07, 6.45) is 2.23. The molecule has 0 aromatic heterocycles. The maximum absolute atomic E-state index is 13.4. The van der Waals surface area contributed by atoms with Gasteiger partial charge < -0.3 is 14.7 Å². The van der Waals surface area contributed by atoms with Crippen LogP contribution in [0.3, 0.4) is 0 Å². The maximum Gasteiger partial charge on any atom is 0.306 e. The molecule has 1 aromatic carbocycles. The molecule has 0 radical (unpaired) electrons. The number of carbonyl (C=O) groups is 2. The van der Waals surface area contributed by atoms with Gasteiger partial charge in [-0.2, -0.15) is 0 Å². The van der Waals surface area contributed by atoms with E-state index < -0.39 is 11.4 Å². The molecule has 1 N–H and O–H groups in total. The Kier molecular flexibility index (Phi) is 5.11. The van der Waals surface area contributed by atoms with E-state index in [2.05, 4.69) is 0 Å². The molecular formula is C18H22ClNO4. The number of carbonyl (C=O) groups excluding carboxylic acids is 1. The van der Waals surface area contributed by atoms with Gasteiger partial charge in [-0.3, -0.25) is 9.59 Å². The number of benzene rings is 1. The van der Waals surface area contributed by atoms with Crippen LogP contribution in [0.15, 0.2) is 24.3 Å². The number of hydrogen-bond donors (Lipinski definition) is 1. The fourth-order valence-electron chi connectivity index (χ4n) is 3.80. The van der Waals surface area contributed by atoms with Crippen molar-refractivity contribution in [2.45, 2.75) is 31.1 Å². The smallest absolute Gasteiger partial charge is 0.306 e. The van der Waals surface area contributed by atoms with E-state index in [0.717, 1.165) is 5.56 Å². The number of hydrogen-bond acceptors (Lipinski definition) is 3. The van der Waals surface area contributed by atoms with E-state index in [0.29, 0.717) is 57.0 Å². The van der Waals surface area contributed by atoms with Crippen LogP contribution >= 0.6 is 11.6 Å². The topological polar surface area (TPSA) is 66.8 Å². The monoisotopic (exact) mass is 351 g/mol. The summed E-state index contributed by atoms with van der Waals surface area (Å²) in [6.45, 7) is 2.04. The zero-order chi connectivity index (χ0) is 17.2. The van der Waals surface area contributed by atoms with Gasteiger partial charge in [0, 0.05) is 31.3 Å². The molecule has 2 heterocycles. The number of carboxylic acids is 1. The van der Waals surface area contributed by atoms with E-state index >= 15 is 0 Å². The van der Waals surface area contributed by atoms with Crippen molar-refractivity contribution in [2.24, 2.45) is 5.92 Å². The van der Waals surface area contributed by atoms with E-state index in [1.54, 1.807) is 0 Å². The van der Waals surface area contributed by atoms with Gasteiger partial charge >= 0.3 is 5.97 Å². The Morgan fingerprint density at radius 3 is 2.38 bits per heavy atom. The highest BCUT2D eigenvalue weighted by Crippen LogP contribution is 2.40. The molecular weight excluding hydrogens is 330 g/mol. The average molecular weight is 352 g/mol. The summed E-state index contributed by atoms with van der Waals surface area (Å²) >= 11 is 6.41. The number of amides is 1. The molecule has 0 aliphatic carbocycles. The number of halogens is 1. The summed E-state index contributed by atoms with van der Waals surface area (Å²) in [5, 5.41) is 9.74. The zero-order valence-corrected chi connectivity index (χ0v) is 14.3. The molecule has 0 bridgehead atoms. The normalized spacial score (nSPS) is 21.5. The number of piperidine rings is 1. The van der Waals surface area contributed by atoms with Gasteiger partial charge in [0.15, 0.2) is 0 Å². The quantitative estimate of drug-likeness (QED) is 0.909. The first kappa shape index (κ1) is 17.2. The Balaban J connectivity index is 1.86. The molecule has 0 atom stereocenters. The number of likely N-dealkylation sites (tertiary alicyclic amines) is 1. The number of ether oxygens (including phenoxy) is 1. The summed E-state index contributed by atoms with van der Waals surface area (Å²) in [7, 11) is 0. The van der Waals surface area contributed by atoms with Gasteiger partial charge in [-0.25, -0.2) is 0 Å². The molecule has 5 nitrogen and oxygen atoms in total. The molecule has 0 saturated carbocycles. The molecule has 2 aliphatic heterocycles. The molecule has 6 heteroatoms. The highest BCUT2D eigenvalue weighted by molar-refractivity contribution is 6.31. The number of nitrogens with zero attached hydrogens (tertiary/aromatic N) is 1. The third-order valence-corrected chi connectivity index (χ3v) is 5.61. The van der Waals surface area contributed by atoms with Crippen LogP contribution in [0.5, 0.6) is 0 Å². The lowest BCUT2D eigenvalue weighted by molar-refractivity contribution is -0.149. The van der Waals surface area contributed by atoms with Crippen molar-refractivity contribution in [3.63, 3.8) is 0 Å². The van der Waals surface area contributed by atoms with Gasteiger partial charge in [0.05, 0.1) is 11.3 Å². The maximum atomic E-state index is 13.4. The molecule has 1 aromatic rings. The van der Waals surface area contributed by atoms with Crippen LogP contribution in [0, 0.1) is 5.92 Å². The van der Waals surface area contributed by atoms with Crippen molar-refractivity contribution in [3.05, 3.63) is 34.9 Å². The van der Waals surface area contributed by atoms with Crippen LogP contribution in [0.25, 0.3) is 0 Å². The van der Waals surface area contributed by atoms with Crippen LogP contribution in [0.2, 0.25) is 5.02 Å². The molecule has 130 valence electrons. The largest absolute Gasteiger partial charge is 0.481 e. The van der Waals surface area contributed by atoms with Crippen molar-refractivity contribution < 1.29 is 19.4 Å². The Bertz CT molecular complexity index is 619. The predicted octanol–water partition coefficient (Wildman–Crippen LogP) is 2.71. The molecule has 2 saturated heterocycles. The molecule has 0 unspecified atom stereocenters. The Morgan fingerprint density at radius 1 is 1.17 bits per heavy atom. The minimum Gasteiger partial charge on any atom is -0.481 e. The highest BCUT2D eigenvalue weighted by atomic mass is 35.5. The number of carboxylic acid groups (broad SMARTS) is 1. The van der Waals surface area contributed by atoms with Crippen LogP contribution in [0.1, 0.15) is 31.2 Å². The van der Waals surface area contributed by atoms with E-state index in [9.17, 15) is 9.59 Å². The summed E-state index contributed by atoms with van der Waals surface area (Å²) in [5.41, 5.74) is 0.201. The SMILES string of the molecule is O=C(O)C1CCN(C(=O)C2(c3ccccc3Cl)CCOCC2)CC1. The van der Waals surface area contributed by atoms with Gasteiger partial charge in [-0.05, 0) is 37.3 Å². The van der Waals surface area contributed by atoms with E-state index in [1.165, 1.54) is 0 Å². The second-order valence-electron chi connectivity index (χ2n) is 6.58. The Hall–Kier alpha value is -1.59. The van der Waals surface area contributed by atoms with Crippen LogP contribution in [-0.4, -0.2) is 48.2 Å². The first-order valence-corrected chi connectivity index (χ1v) is 8.77. The number of aliphatic carboxylic acids is 1. The fraction of sp³-hybridized carbons (Fsp3) is 0.556.